The van der Waals surface area contributed by atoms with Crippen LogP contribution in [-0.4, -0.2) is 48.9 Å². The Labute approximate surface area is 155 Å². The summed E-state index contributed by atoms with van der Waals surface area (Å²) in [6.07, 6.45) is 1.09. The second kappa shape index (κ2) is 5.44. The highest BCUT2D eigenvalue weighted by Gasteiger charge is 2.70. The fraction of sp³-hybridized carbons (Fsp3) is 0.900. The van der Waals surface area contributed by atoms with Crippen LogP contribution < -0.4 is 5.32 Å². The van der Waals surface area contributed by atoms with Crippen LogP contribution in [-0.2, 0) is 23.8 Å². The number of esters is 2. The van der Waals surface area contributed by atoms with Gasteiger partial charge in [0.25, 0.3) is 0 Å². The number of rotatable bonds is 4. The second-order valence-corrected chi connectivity index (χ2v) is 10.3. The third kappa shape index (κ3) is 2.44. The summed E-state index contributed by atoms with van der Waals surface area (Å²) < 4.78 is 17.1. The second-order valence-electron chi connectivity index (χ2n) is 10.3. The quantitative estimate of drug-likeness (QED) is 0.605. The maximum absolute atomic E-state index is 13.2. The first-order valence-corrected chi connectivity index (χ1v) is 9.71. The number of methoxy groups -OCH3 is 1. The van der Waals surface area contributed by atoms with Gasteiger partial charge in [-0.2, -0.15) is 0 Å². The van der Waals surface area contributed by atoms with Crippen molar-refractivity contribution >= 4 is 11.9 Å². The van der Waals surface area contributed by atoms with Crippen LogP contribution in [0.25, 0.3) is 0 Å². The van der Waals surface area contributed by atoms with Gasteiger partial charge in [0, 0.05) is 30.4 Å². The van der Waals surface area contributed by atoms with Gasteiger partial charge in [-0.25, -0.2) is 4.79 Å². The van der Waals surface area contributed by atoms with E-state index in [-0.39, 0.29) is 58.8 Å². The van der Waals surface area contributed by atoms with Gasteiger partial charge in [0.15, 0.2) is 0 Å². The summed E-state index contributed by atoms with van der Waals surface area (Å²) in [4.78, 5) is 25.3. The predicted molar refractivity (Wildman–Crippen MR) is 94.2 cm³/mol. The third-order valence-corrected chi connectivity index (χ3v) is 7.06. The van der Waals surface area contributed by atoms with Crippen molar-refractivity contribution in [2.45, 2.75) is 70.7 Å². The Morgan fingerprint density at radius 3 is 2.42 bits per heavy atom. The summed E-state index contributed by atoms with van der Waals surface area (Å²) in [5.41, 5.74) is -0.911. The molecule has 0 aromatic carbocycles. The van der Waals surface area contributed by atoms with Gasteiger partial charge in [-0.3, -0.25) is 10.1 Å². The molecule has 0 amide bonds. The van der Waals surface area contributed by atoms with Crippen LogP contribution in [0.3, 0.4) is 0 Å². The Kier molecular flexibility index (Phi) is 3.82. The maximum atomic E-state index is 13.2. The van der Waals surface area contributed by atoms with Crippen LogP contribution in [0.2, 0.25) is 0 Å². The molecule has 0 aromatic rings. The zero-order chi connectivity index (χ0) is 19.1. The van der Waals surface area contributed by atoms with Crippen molar-refractivity contribution < 1.29 is 23.8 Å². The highest BCUT2D eigenvalue weighted by atomic mass is 16.6. The van der Waals surface area contributed by atoms with Gasteiger partial charge in [0.05, 0.1) is 18.6 Å². The van der Waals surface area contributed by atoms with Crippen LogP contribution >= 0.6 is 0 Å². The van der Waals surface area contributed by atoms with Gasteiger partial charge < -0.3 is 14.2 Å². The highest BCUT2D eigenvalue weighted by Crippen LogP contribution is 2.57. The lowest BCUT2D eigenvalue weighted by Crippen LogP contribution is -2.48. The molecule has 4 fully saturated rings. The Morgan fingerprint density at radius 2 is 1.88 bits per heavy atom. The molecule has 26 heavy (non-hydrogen) atoms. The van der Waals surface area contributed by atoms with E-state index in [1.807, 2.05) is 13.8 Å². The van der Waals surface area contributed by atoms with Crippen molar-refractivity contribution in [3.05, 3.63) is 0 Å². The summed E-state index contributed by atoms with van der Waals surface area (Å²) in [5, 5.41) is 3.39. The number of cyclic esters (lactones) is 1. The fourth-order valence-electron chi connectivity index (χ4n) is 5.90. The summed E-state index contributed by atoms with van der Waals surface area (Å²) in [7, 11) is 1.64. The molecule has 0 spiro atoms. The van der Waals surface area contributed by atoms with E-state index >= 15 is 0 Å². The fourth-order valence-corrected chi connectivity index (χ4v) is 5.90. The molecule has 6 nitrogen and oxygen atoms in total. The lowest BCUT2D eigenvalue weighted by atomic mass is 9.77. The Balaban J connectivity index is 1.54. The van der Waals surface area contributed by atoms with Crippen LogP contribution in [0.15, 0.2) is 0 Å². The molecule has 1 N–H and O–H groups in total. The van der Waals surface area contributed by atoms with E-state index in [9.17, 15) is 9.59 Å². The lowest BCUT2D eigenvalue weighted by Gasteiger charge is -2.36. The minimum Gasteiger partial charge on any atom is -0.465 e. The molecule has 4 aliphatic rings. The monoisotopic (exact) mass is 365 g/mol. The summed E-state index contributed by atoms with van der Waals surface area (Å²) in [6.45, 7) is 11.0. The largest absolute Gasteiger partial charge is 0.465 e. The van der Waals surface area contributed by atoms with E-state index in [0.29, 0.717) is 6.61 Å². The summed E-state index contributed by atoms with van der Waals surface area (Å²) >= 11 is 0. The minimum absolute atomic E-state index is 0.00589. The number of fused-ring (bicyclic) bond motifs is 5. The smallest absolute Gasteiger partial charge is 0.328 e. The number of hydrogen-bond donors (Lipinski definition) is 1. The molecule has 0 aromatic heterocycles. The zero-order valence-electron chi connectivity index (χ0n) is 16.6. The van der Waals surface area contributed by atoms with E-state index in [4.69, 9.17) is 14.2 Å². The molecule has 2 saturated carbocycles. The number of ether oxygens (including phenoxy) is 3. The Bertz CT molecular complexity index is 639. The van der Waals surface area contributed by atoms with Gasteiger partial charge in [-0.1, -0.05) is 20.8 Å². The summed E-state index contributed by atoms with van der Waals surface area (Å²) in [6, 6.07) is 0. The number of carbonyl (C=O) groups is 2. The average Bonchev–Trinajstić information content (AvgIpc) is 2.93. The number of nitrogens with one attached hydrogen (secondary N) is 1. The van der Waals surface area contributed by atoms with Crippen molar-refractivity contribution in [1.82, 2.24) is 5.32 Å². The molecule has 146 valence electrons. The lowest BCUT2D eigenvalue weighted by molar-refractivity contribution is -0.169. The Morgan fingerprint density at radius 1 is 1.23 bits per heavy atom. The molecule has 2 aliphatic heterocycles. The van der Waals surface area contributed by atoms with Gasteiger partial charge in [-0.05, 0) is 32.1 Å². The molecule has 4 rings (SSSR count). The first kappa shape index (κ1) is 18.2. The highest BCUT2D eigenvalue weighted by molar-refractivity contribution is 5.88. The van der Waals surface area contributed by atoms with Crippen molar-refractivity contribution in [2.24, 2.45) is 29.1 Å². The van der Waals surface area contributed by atoms with E-state index in [1.165, 1.54) is 0 Å². The van der Waals surface area contributed by atoms with Gasteiger partial charge >= 0.3 is 11.9 Å². The normalized spacial score (nSPS) is 45.4. The molecular weight excluding hydrogens is 334 g/mol. The SMILES string of the molecule is COC1C2CC(C3COC(=O)C32)C1OC(=O)C1(CC(C)(C)C)NC1(C)C. The topological polar surface area (TPSA) is 83.8 Å². The van der Waals surface area contributed by atoms with E-state index < -0.39 is 5.54 Å². The predicted octanol–water partition coefficient (Wildman–Crippen LogP) is 1.91. The Hall–Kier alpha value is -1.14. The third-order valence-electron chi connectivity index (χ3n) is 7.06. The molecule has 2 saturated heterocycles. The van der Waals surface area contributed by atoms with E-state index in [2.05, 4.69) is 26.1 Å². The van der Waals surface area contributed by atoms with Crippen molar-refractivity contribution in [1.29, 1.82) is 0 Å². The molecule has 0 radical (unpaired) electrons. The van der Waals surface area contributed by atoms with Crippen molar-refractivity contribution in [3.8, 4) is 0 Å². The summed E-state index contributed by atoms with van der Waals surface area (Å²) in [5.74, 6) is 0.0390. The van der Waals surface area contributed by atoms with Crippen LogP contribution in [0, 0.1) is 29.1 Å². The van der Waals surface area contributed by atoms with Crippen molar-refractivity contribution in [2.75, 3.05) is 13.7 Å². The van der Waals surface area contributed by atoms with Gasteiger partial charge in [-0.15, -0.1) is 0 Å². The van der Waals surface area contributed by atoms with Crippen LogP contribution in [0.5, 0.6) is 0 Å². The molecule has 2 heterocycles. The van der Waals surface area contributed by atoms with Crippen LogP contribution in [0.4, 0.5) is 0 Å². The molecule has 2 bridgehead atoms. The standard InChI is InChI=1S/C20H31NO5/c1-18(2,3)9-20(19(4,5)21-20)17(23)26-15-10-7-11(14(15)24-6)13-12(10)8-25-16(13)22/h10-15,21H,7-9H2,1-6H3. The van der Waals surface area contributed by atoms with E-state index in [1.54, 1.807) is 7.11 Å². The maximum Gasteiger partial charge on any atom is 0.328 e. The minimum atomic E-state index is -0.646. The molecule has 2 aliphatic carbocycles. The number of carbonyl (C=O) groups excluding carboxylic acids is 2. The van der Waals surface area contributed by atoms with Crippen molar-refractivity contribution in [3.63, 3.8) is 0 Å². The van der Waals surface area contributed by atoms with E-state index in [0.717, 1.165) is 12.8 Å². The number of hydrogen-bond acceptors (Lipinski definition) is 6. The van der Waals surface area contributed by atoms with Gasteiger partial charge in [0.1, 0.15) is 11.6 Å². The first-order chi connectivity index (χ1) is 12.0. The zero-order valence-corrected chi connectivity index (χ0v) is 16.6. The average molecular weight is 365 g/mol. The molecule has 7 atom stereocenters. The first-order valence-electron chi connectivity index (χ1n) is 9.71. The molecule has 7 unspecified atom stereocenters. The molecular formula is C20H31NO5. The molecule has 6 heteroatoms. The van der Waals surface area contributed by atoms with Crippen LogP contribution in [0.1, 0.15) is 47.5 Å². The van der Waals surface area contributed by atoms with Gasteiger partial charge in [0.2, 0.25) is 0 Å².